The van der Waals surface area contributed by atoms with Crippen LogP contribution in [0.3, 0.4) is 0 Å². The van der Waals surface area contributed by atoms with Crippen LogP contribution in [0.4, 0.5) is 14.8 Å². The molecule has 0 spiro atoms. The number of anilines is 1. The zero-order valence-corrected chi connectivity index (χ0v) is 13.7. The molecule has 1 N–H and O–H groups in total. The summed E-state index contributed by atoms with van der Waals surface area (Å²) in [4.78, 5) is 2.45. The predicted octanol–water partition coefficient (Wildman–Crippen LogP) is 3.64. The van der Waals surface area contributed by atoms with Gasteiger partial charge in [-0.25, -0.2) is 0 Å². The Morgan fingerprint density at radius 1 is 1.21 bits per heavy atom. The molecular formula is C17H22F2N4O. The normalized spacial score (nSPS) is 16.7. The number of aromatic nitrogens is 2. The van der Waals surface area contributed by atoms with E-state index in [2.05, 4.69) is 51.6 Å². The highest BCUT2D eigenvalue weighted by molar-refractivity contribution is 5.21. The van der Waals surface area contributed by atoms with Gasteiger partial charge in [-0.1, -0.05) is 34.9 Å². The maximum Gasteiger partial charge on any atom is 0.315 e. The highest BCUT2D eigenvalue weighted by Crippen LogP contribution is 2.21. The van der Waals surface area contributed by atoms with Gasteiger partial charge in [-0.3, -0.25) is 4.90 Å². The van der Waals surface area contributed by atoms with E-state index in [1.54, 1.807) is 0 Å². The number of hydrogen-bond donors (Lipinski definition) is 1. The third-order valence-corrected chi connectivity index (χ3v) is 4.40. The van der Waals surface area contributed by atoms with Crippen molar-refractivity contribution >= 4 is 6.01 Å². The summed E-state index contributed by atoms with van der Waals surface area (Å²) in [6.07, 6.45) is -0.596. The molecule has 1 saturated heterocycles. The number of alkyl halides is 2. The van der Waals surface area contributed by atoms with Crippen molar-refractivity contribution in [1.82, 2.24) is 15.1 Å². The molecule has 1 fully saturated rings. The van der Waals surface area contributed by atoms with Gasteiger partial charge in [0.05, 0.1) is 0 Å². The molecule has 0 radical (unpaired) electrons. The first kappa shape index (κ1) is 16.8. The Morgan fingerprint density at radius 2 is 1.92 bits per heavy atom. The Bertz CT molecular complexity index is 636. The summed E-state index contributed by atoms with van der Waals surface area (Å²) in [5.41, 5.74) is 2.61. The van der Waals surface area contributed by atoms with Crippen molar-refractivity contribution in [3.8, 4) is 0 Å². The fourth-order valence-electron chi connectivity index (χ4n) is 2.93. The van der Waals surface area contributed by atoms with E-state index in [1.165, 1.54) is 11.1 Å². The Balaban J connectivity index is 1.40. The lowest BCUT2D eigenvalue weighted by Crippen LogP contribution is -2.35. The highest BCUT2D eigenvalue weighted by atomic mass is 19.3. The molecule has 0 amide bonds. The van der Waals surface area contributed by atoms with Gasteiger partial charge in [0.2, 0.25) is 0 Å². The second-order valence-electron chi connectivity index (χ2n) is 6.33. The van der Waals surface area contributed by atoms with Crippen LogP contribution in [0.1, 0.15) is 36.3 Å². The summed E-state index contributed by atoms with van der Waals surface area (Å²) in [6, 6.07) is 8.72. The summed E-state index contributed by atoms with van der Waals surface area (Å²) >= 11 is 0. The van der Waals surface area contributed by atoms with Crippen LogP contribution in [0.5, 0.6) is 0 Å². The lowest BCUT2D eigenvalue weighted by atomic mass is 9.96. The molecule has 2 heterocycles. The Labute approximate surface area is 140 Å². The number of hydrogen-bond acceptors (Lipinski definition) is 5. The minimum atomic E-state index is -2.72. The number of piperidine rings is 1. The SMILES string of the molecule is Cc1ccc(CN2CCC(CNc3nnc(C(F)F)o3)CC2)cc1. The molecule has 7 heteroatoms. The van der Waals surface area contributed by atoms with E-state index in [0.29, 0.717) is 12.5 Å². The lowest BCUT2D eigenvalue weighted by molar-refractivity contribution is 0.116. The van der Waals surface area contributed by atoms with E-state index in [9.17, 15) is 8.78 Å². The molecule has 24 heavy (non-hydrogen) atoms. The van der Waals surface area contributed by atoms with Gasteiger partial charge in [-0.15, -0.1) is 5.10 Å². The number of rotatable bonds is 6. The molecule has 1 aliphatic heterocycles. The number of likely N-dealkylation sites (tertiary alicyclic amines) is 1. The monoisotopic (exact) mass is 336 g/mol. The van der Waals surface area contributed by atoms with Crippen molar-refractivity contribution in [3.05, 3.63) is 41.3 Å². The van der Waals surface area contributed by atoms with Gasteiger partial charge in [0.15, 0.2) is 0 Å². The maximum atomic E-state index is 12.4. The predicted molar refractivity (Wildman–Crippen MR) is 86.9 cm³/mol. The molecule has 0 atom stereocenters. The molecule has 0 bridgehead atoms. The average Bonchev–Trinajstić information content (AvgIpc) is 3.06. The van der Waals surface area contributed by atoms with Gasteiger partial charge < -0.3 is 9.73 Å². The van der Waals surface area contributed by atoms with Crippen LogP contribution in [0.15, 0.2) is 28.7 Å². The minimum Gasteiger partial charge on any atom is -0.402 e. The van der Waals surface area contributed by atoms with Crippen LogP contribution in [0, 0.1) is 12.8 Å². The van der Waals surface area contributed by atoms with Crippen molar-refractivity contribution in [3.63, 3.8) is 0 Å². The van der Waals surface area contributed by atoms with Crippen molar-refractivity contribution in [2.75, 3.05) is 25.0 Å². The minimum absolute atomic E-state index is 0.0763. The van der Waals surface area contributed by atoms with Gasteiger partial charge in [-0.05, 0) is 44.3 Å². The van der Waals surface area contributed by atoms with Crippen LogP contribution in [-0.2, 0) is 6.54 Å². The zero-order valence-electron chi connectivity index (χ0n) is 13.7. The second kappa shape index (κ2) is 7.70. The summed E-state index contributed by atoms with van der Waals surface area (Å²) in [5.74, 6) is -0.147. The van der Waals surface area contributed by atoms with Gasteiger partial charge in [0.1, 0.15) is 0 Å². The van der Waals surface area contributed by atoms with Gasteiger partial charge in [-0.2, -0.15) is 8.78 Å². The lowest BCUT2D eigenvalue weighted by Gasteiger charge is -2.31. The Hall–Kier alpha value is -2.02. The van der Waals surface area contributed by atoms with Crippen LogP contribution >= 0.6 is 0 Å². The van der Waals surface area contributed by atoms with Crippen molar-refractivity contribution in [1.29, 1.82) is 0 Å². The van der Waals surface area contributed by atoms with Crippen molar-refractivity contribution < 1.29 is 13.2 Å². The smallest absolute Gasteiger partial charge is 0.315 e. The average molecular weight is 336 g/mol. The molecule has 2 aromatic rings. The van der Waals surface area contributed by atoms with E-state index in [4.69, 9.17) is 4.42 Å². The molecular weight excluding hydrogens is 314 g/mol. The highest BCUT2D eigenvalue weighted by Gasteiger charge is 2.21. The molecule has 0 aliphatic carbocycles. The van der Waals surface area contributed by atoms with E-state index >= 15 is 0 Å². The van der Waals surface area contributed by atoms with Crippen molar-refractivity contribution in [2.45, 2.75) is 32.7 Å². The number of aryl methyl sites for hydroxylation is 1. The zero-order chi connectivity index (χ0) is 16.9. The first-order valence-corrected chi connectivity index (χ1v) is 8.23. The maximum absolute atomic E-state index is 12.4. The molecule has 0 saturated carbocycles. The van der Waals surface area contributed by atoms with Crippen LogP contribution in [0.25, 0.3) is 0 Å². The fraction of sp³-hybridized carbons (Fsp3) is 0.529. The van der Waals surface area contributed by atoms with Crippen molar-refractivity contribution in [2.24, 2.45) is 5.92 Å². The third kappa shape index (κ3) is 4.50. The molecule has 130 valence electrons. The van der Waals surface area contributed by atoms with E-state index < -0.39 is 12.3 Å². The Morgan fingerprint density at radius 3 is 2.54 bits per heavy atom. The van der Waals surface area contributed by atoms with Gasteiger partial charge in [0, 0.05) is 13.1 Å². The number of halogens is 2. The topological polar surface area (TPSA) is 54.2 Å². The van der Waals surface area contributed by atoms with Gasteiger partial charge in [0.25, 0.3) is 5.89 Å². The third-order valence-electron chi connectivity index (χ3n) is 4.40. The largest absolute Gasteiger partial charge is 0.402 e. The van der Waals surface area contributed by atoms with E-state index in [1.807, 2.05) is 0 Å². The molecule has 3 rings (SSSR count). The van der Waals surface area contributed by atoms with Gasteiger partial charge >= 0.3 is 12.4 Å². The van der Waals surface area contributed by atoms with Crippen LogP contribution in [0.2, 0.25) is 0 Å². The fourth-order valence-corrected chi connectivity index (χ4v) is 2.93. The second-order valence-corrected chi connectivity index (χ2v) is 6.33. The summed E-state index contributed by atoms with van der Waals surface area (Å²) in [5, 5.41) is 9.86. The molecule has 1 aromatic heterocycles. The van der Waals surface area contributed by atoms with Crippen LogP contribution < -0.4 is 5.32 Å². The number of nitrogens with zero attached hydrogens (tertiary/aromatic N) is 3. The van der Waals surface area contributed by atoms with E-state index in [0.717, 1.165) is 32.5 Å². The molecule has 1 aromatic carbocycles. The molecule has 1 aliphatic rings. The van der Waals surface area contributed by atoms with E-state index in [-0.39, 0.29) is 6.01 Å². The Kier molecular flexibility index (Phi) is 5.40. The quantitative estimate of drug-likeness (QED) is 0.873. The van der Waals surface area contributed by atoms with Crippen LogP contribution in [-0.4, -0.2) is 34.7 Å². The molecule has 0 unspecified atom stereocenters. The summed E-state index contributed by atoms with van der Waals surface area (Å²) in [6.45, 7) is 5.81. The standard InChI is InChI=1S/C17H22F2N4O/c1-12-2-4-14(5-3-12)11-23-8-6-13(7-9-23)10-20-17-22-21-16(24-17)15(18)19/h2-5,13,15H,6-11H2,1H3,(H,20,22). The first-order valence-electron chi connectivity index (χ1n) is 8.23. The number of benzene rings is 1. The number of nitrogens with one attached hydrogen (secondary N) is 1. The summed E-state index contributed by atoms with van der Waals surface area (Å²) < 4.78 is 29.6. The first-order chi connectivity index (χ1) is 11.6. The molecule has 5 nitrogen and oxygen atoms in total. The summed E-state index contributed by atoms with van der Waals surface area (Å²) in [7, 11) is 0.